The summed E-state index contributed by atoms with van der Waals surface area (Å²) < 4.78 is 163. The fourth-order valence-electron chi connectivity index (χ4n) is 1.24. The molecule has 0 radical (unpaired) electrons. The first-order valence-electron chi connectivity index (χ1n) is 4.82. The predicted molar refractivity (Wildman–Crippen MR) is 44.5 cm³/mol. The number of alkyl halides is 13. The molecule has 0 amide bonds. The van der Waals surface area contributed by atoms with Crippen LogP contribution in [0.25, 0.3) is 0 Å². The summed E-state index contributed by atoms with van der Waals surface area (Å²) in [5.41, 5.74) is -7.52. The van der Waals surface area contributed by atoms with Gasteiger partial charge in [-0.25, -0.2) is 9.29 Å². The summed E-state index contributed by atoms with van der Waals surface area (Å²) in [7, 11) is -0.246. The van der Waals surface area contributed by atoms with Gasteiger partial charge in [-0.15, -0.1) is 0 Å². The van der Waals surface area contributed by atoms with Crippen LogP contribution in [0.15, 0.2) is 0 Å². The second-order valence-corrected chi connectivity index (χ2v) is 4.24. The van der Waals surface area contributed by atoms with Gasteiger partial charge in [0.05, 0.1) is 0 Å². The third-order valence-corrected chi connectivity index (χ3v) is 2.55. The van der Waals surface area contributed by atoms with Crippen LogP contribution in [0, 0.1) is 0 Å². The van der Waals surface area contributed by atoms with Gasteiger partial charge in [-0.05, 0) is 14.1 Å². The smallest absolute Gasteiger partial charge is 0.247 e. The van der Waals surface area contributed by atoms with Gasteiger partial charge in [0, 0.05) is 0 Å². The quantitative estimate of drug-likeness (QED) is 0.534. The van der Waals surface area contributed by atoms with Gasteiger partial charge in [-0.3, -0.25) is 0 Å². The molecule has 0 aromatic heterocycles. The number of hydrogen-bond donors (Lipinski definition) is 0. The Morgan fingerprint density at radius 3 is 1.00 bits per heavy atom. The average Bonchev–Trinajstić information content (AvgIpc) is 2.23. The molecule has 0 aromatic rings. The van der Waals surface area contributed by atoms with Gasteiger partial charge >= 0.3 is 35.9 Å². The Kier molecular flexibility index (Phi) is 4.81. The highest BCUT2D eigenvalue weighted by Gasteiger charge is 2.93. The molecule has 0 aliphatic carbocycles. The van der Waals surface area contributed by atoms with E-state index >= 15 is 0 Å². The first kappa shape index (κ1) is 21.0. The van der Waals surface area contributed by atoms with Gasteiger partial charge in [0.1, 0.15) is 0 Å². The lowest BCUT2D eigenvalue weighted by Crippen LogP contribution is -2.76. The van der Waals surface area contributed by atoms with Crippen molar-refractivity contribution in [2.24, 2.45) is 0 Å². The van der Waals surface area contributed by atoms with E-state index in [1.165, 1.54) is 0 Å². The van der Waals surface area contributed by atoms with Crippen LogP contribution in [0.1, 0.15) is 0 Å². The first-order valence-corrected chi connectivity index (χ1v) is 4.82. The molecule has 0 rings (SSSR count). The van der Waals surface area contributed by atoms with Crippen molar-refractivity contribution in [3.8, 4) is 0 Å². The molecule has 0 N–H and O–H groups in total. The minimum absolute atomic E-state index is 0.123. The van der Waals surface area contributed by atoms with Crippen LogP contribution in [-0.2, 0) is 0 Å². The van der Waals surface area contributed by atoms with E-state index in [9.17, 15) is 57.1 Å². The van der Waals surface area contributed by atoms with Crippen LogP contribution in [0.2, 0.25) is 0 Å². The van der Waals surface area contributed by atoms with E-state index in [1.54, 1.807) is 0 Å². The standard InChI is InChI=1S/C8H6F13N/c1-22(2)8(20,21)3(9,6(14,15)16)4(10,11)5(12,13)7(17,18)19/h1-2H3. The molecule has 1 nitrogen and oxygen atoms in total. The van der Waals surface area contributed by atoms with E-state index in [0.29, 0.717) is 0 Å². The lowest BCUT2D eigenvalue weighted by molar-refractivity contribution is -0.453. The van der Waals surface area contributed by atoms with Crippen LogP contribution >= 0.6 is 0 Å². The Labute approximate surface area is 113 Å². The SMILES string of the molecule is CN(C)C(F)(F)C(F)(C(F)(F)F)C(F)(F)C(F)(F)C(F)(F)F. The fourth-order valence-corrected chi connectivity index (χ4v) is 1.24. The topological polar surface area (TPSA) is 3.24 Å². The number of hydrogen-bond acceptors (Lipinski definition) is 1. The average molecular weight is 363 g/mol. The van der Waals surface area contributed by atoms with Crippen molar-refractivity contribution in [3.63, 3.8) is 0 Å². The minimum atomic E-state index is -7.86. The lowest BCUT2D eigenvalue weighted by Gasteiger charge is -2.44. The maximum Gasteiger partial charge on any atom is 0.460 e. The van der Waals surface area contributed by atoms with Gasteiger partial charge in [-0.1, -0.05) is 0 Å². The summed E-state index contributed by atoms with van der Waals surface area (Å²) >= 11 is 0. The third kappa shape index (κ3) is 2.48. The first-order chi connectivity index (χ1) is 9.19. The molecule has 0 aliphatic rings. The molecule has 0 fully saturated rings. The van der Waals surface area contributed by atoms with E-state index in [2.05, 4.69) is 0 Å². The Balaban J connectivity index is 6.63. The minimum Gasteiger partial charge on any atom is -0.247 e. The van der Waals surface area contributed by atoms with E-state index in [0.717, 1.165) is 0 Å². The molecule has 0 aliphatic heterocycles. The molecule has 14 heteroatoms. The van der Waals surface area contributed by atoms with Crippen molar-refractivity contribution in [1.82, 2.24) is 4.90 Å². The van der Waals surface area contributed by atoms with Crippen molar-refractivity contribution < 1.29 is 57.1 Å². The zero-order valence-corrected chi connectivity index (χ0v) is 10.4. The van der Waals surface area contributed by atoms with Crippen molar-refractivity contribution >= 4 is 0 Å². The van der Waals surface area contributed by atoms with Gasteiger partial charge in [-0.2, -0.15) is 52.7 Å². The summed E-state index contributed by atoms with van der Waals surface area (Å²) in [6.07, 6.45) is -14.9. The van der Waals surface area contributed by atoms with Gasteiger partial charge in [0.2, 0.25) is 0 Å². The van der Waals surface area contributed by atoms with Gasteiger partial charge in [0.15, 0.2) is 0 Å². The highest BCUT2D eigenvalue weighted by molar-refractivity contribution is 5.14. The molecule has 1 unspecified atom stereocenters. The maximum absolute atomic E-state index is 13.5. The monoisotopic (exact) mass is 363 g/mol. The Hall–Kier alpha value is -0.950. The van der Waals surface area contributed by atoms with Crippen molar-refractivity contribution in [2.45, 2.75) is 35.9 Å². The molecular formula is C8H6F13N. The molecule has 0 aromatic carbocycles. The molecule has 0 saturated heterocycles. The highest BCUT2D eigenvalue weighted by atomic mass is 19.4. The molecule has 134 valence electrons. The molecule has 1 atom stereocenters. The van der Waals surface area contributed by atoms with Crippen molar-refractivity contribution in [3.05, 3.63) is 0 Å². The largest absolute Gasteiger partial charge is 0.460 e. The Bertz CT molecular complexity index is 405. The summed E-state index contributed by atoms with van der Waals surface area (Å²) in [4.78, 5) is -1.19. The summed E-state index contributed by atoms with van der Waals surface area (Å²) in [5.74, 6) is -15.6. The molecule has 0 bridgehead atoms. The predicted octanol–water partition coefficient (Wildman–Crippen LogP) is 4.24. The molecular weight excluding hydrogens is 357 g/mol. The van der Waals surface area contributed by atoms with Crippen LogP contribution in [0.5, 0.6) is 0 Å². The van der Waals surface area contributed by atoms with Crippen molar-refractivity contribution in [1.29, 1.82) is 0 Å². The normalized spacial score (nSPS) is 18.5. The fraction of sp³-hybridized carbons (Fsp3) is 1.00. The van der Waals surface area contributed by atoms with E-state index < -0.39 is 40.8 Å². The molecule has 0 spiro atoms. The zero-order chi connectivity index (χ0) is 18.6. The van der Waals surface area contributed by atoms with Gasteiger partial charge in [0.25, 0.3) is 0 Å². The molecule has 22 heavy (non-hydrogen) atoms. The van der Waals surface area contributed by atoms with E-state index in [4.69, 9.17) is 0 Å². The van der Waals surface area contributed by atoms with Crippen LogP contribution in [0.3, 0.4) is 0 Å². The third-order valence-electron chi connectivity index (χ3n) is 2.55. The van der Waals surface area contributed by atoms with E-state index in [1.807, 2.05) is 0 Å². The number of halogens is 13. The summed E-state index contributed by atoms with van der Waals surface area (Å²) in [6, 6.07) is -6.44. The Morgan fingerprint density at radius 2 is 0.818 bits per heavy atom. The van der Waals surface area contributed by atoms with Crippen molar-refractivity contribution in [2.75, 3.05) is 14.1 Å². The number of rotatable bonds is 4. The molecule has 0 heterocycles. The second-order valence-electron chi connectivity index (χ2n) is 4.24. The zero-order valence-electron chi connectivity index (χ0n) is 10.4. The summed E-state index contributed by atoms with van der Waals surface area (Å²) in [5, 5.41) is 0. The summed E-state index contributed by atoms with van der Waals surface area (Å²) in [6.45, 7) is 0. The maximum atomic E-state index is 13.5. The Morgan fingerprint density at radius 1 is 0.500 bits per heavy atom. The lowest BCUT2D eigenvalue weighted by atomic mass is 9.88. The molecule has 0 saturated carbocycles. The number of nitrogens with zero attached hydrogens (tertiary/aromatic N) is 1. The van der Waals surface area contributed by atoms with Gasteiger partial charge < -0.3 is 0 Å². The van der Waals surface area contributed by atoms with Crippen LogP contribution in [0.4, 0.5) is 57.1 Å². The van der Waals surface area contributed by atoms with E-state index in [-0.39, 0.29) is 14.1 Å². The van der Waals surface area contributed by atoms with Crippen LogP contribution in [-0.4, -0.2) is 54.9 Å². The van der Waals surface area contributed by atoms with Crippen LogP contribution < -0.4 is 0 Å². The second kappa shape index (κ2) is 5.03. The highest BCUT2D eigenvalue weighted by Crippen LogP contribution is 2.61.